The van der Waals surface area contributed by atoms with Gasteiger partial charge in [-0.1, -0.05) is 11.6 Å². The van der Waals surface area contributed by atoms with E-state index < -0.39 is 0 Å². The molecule has 0 aliphatic carbocycles. The van der Waals surface area contributed by atoms with Crippen molar-refractivity contribution in [2.45, 2.75) is 19.9 Å². The fraction of sp³-hybridized carbons (Fsp3) is 0.667. The molecule has 1 saturated heterocycles. The topological polar surface area (TPSA) is 43.8 Å². The van der Waals surface area contributed by atoms with Crippen LogP contribution < -0.4 is 5.73 Å². The number of nitrogens with zero attached hydrogens (tertiary/aromatic N) is 2. The Bertz CT molecular complexity index is 331. The molecule has 1 aromatic rings. The van der Waals surface area contributed by atoms with Gasteiger partial charge in [-0.2, -0.15) is 16.9 Å². The molecule has 14 heavy (non-hydrogen) atoms. The van der Waals surface area contributed by atoms with Crippen LogP contribution >= 0.6 is 23.4 Å². The van der Waals surface area contributed by atoms with Gasteiger partial charge in [-0.15, -0.1) is 0 Å². The van der Waals surface area contributed by atoms with Gasteiger partial charge in [0.2, 0.25) is 0 Å². The second kappa shape index (κ2) is 4.03. The summed E-state index contributed by atoms with van der Waals surface area (Å²) in [5.74, 6) is 3.80. The van der Waals surface area contributed by atoms with Gasteiger partial charge in [-0.3, -0.25) is 0 Å². The highest BCUT2D eigenvalue weighted by Gasteiger charge is 2.19. The largest absolute Gasteiger partial charge is 0.383 e. The van der Waals surface area contributed by atoms with Crippen LogP contribution in [0.25, 0.3) is 0 Å². The van der Waals surface area contributed by atoms with Gasteiger partial charge in [0.05, 0.1) is 5.69 Å². The lowest BCUT2D eigenvalue weighted by Gasteiger charge is -2.09. The van der Waals surface area contributed by atoms with Crippen molar-refractivity contribution in [2.75, 3.05) is 17.2 Å². The molecule has 1 aliphatic heterocycles. The molecule has 1 unspecified atom stereocenters. The van der Waals surface area contributed by atoms with Crippen molar-refractivity contribution in [1.29, 1.82) is 0 Å². The summed E-state index contributed by atoms with van der Waals surface area (Å²) in [5.41, 5.74) is 6.67. The zero-order valence-corrected chi connectivity index (χ0v) is 9.74. The lowest BCUT2D eigenvalue weighted by atomic mass is 10.1. The van der Waals surface area contributed by atoms with Crippen LogP contribution in [0, 0.1) is 12.8 Å². The minimum Gasteiger partial charge on any atom is -0.383 e. The van der Waals surface area contributed by atoms with E-state index in [0.29, 0.717) is 16.8 Å². The number of hydrogen-bond donors (Lipinski definition) is 1. The van der Waals surface area contributed by atoms with Gasteiger partial charge in [-0.05, 0) is 30.8 Å². The molecule has 1 aliphatic rings. The monoisotopic (exact) mass is 231 g/mol. The van der Waals surface area contributed by atoms with Crippen molar-refractivity contribution in [3.8, 4) is 0 Å². The summed E-state index contributed by atoms with van der Waals surface area (Å²) < 4.78 is 1.84. The Morgan fingerprint density at radius 1 is 1.71 bits per heavy atom. The first-order valence-corrected chi connectivity index (χ1v) is 6.28. The predicted molar refractivity (Wildman–Crippen MR) is 61.8 cm³/mol. The molecule has 5 heteroatoms. The maximum Gasteiger partial charge on any atom is 0.140 e. The third-order valence-corrected chi connectivity index (χ3v) is 4.25. The van der Waals surface area contributed by atoms with Crippen LogP contribution in [0.15, 0.2) is 0 Å². The number of halogens is 1. The van der Waals surface area contributed by atoms with E-state index in [1.165, 1.54) is 17.9 Å². The van der Waals surface area contributed by atoms with Gasteiger partial charge in [0.1, 0.15) is 10.8 Å². The summed E-state index contributed by atoms with van der Waals surface area (Å²) in [6.45, 7) is 2.80. The Morgan fingerprint density at radius 3 is 3.00 bits per heavy atom. The average molecular weight is 232 g/mol. The Balaban J connectivity index is 2.12. The molecule has 2 heterocycles. The molecule has 0 bridgehead atoms. The Morgan fingerprint density at radius 2 is 2.50 bits per heavy atom. The van der Waals surface area contributed by atoms with Crippen molar-refractivity contribution in [2.24, 2.45) is 5.92 Å². The lowest BCUT2D eigenvalue weighted by Crippen LogP contribution is -2.13. The minimum atomic E-state index is 0.607. The van der Waals surface area contributed by atoms with E-state index in [1.54, 1.807) is 0 Å². The van der Waals surface area contributed by atoms with E-state index in [-0.39, 0.29) is 0 Å². The van der Waals surface area contributed by atoms with Gasteiger partial charge in [0.25, 0.3) is 0 Å². The Labute approximate surface area is 93.0 Å². The minimum absolute atomic E-state index is 0.607. The summed E-state index contributed by atoms with van der Waals surface area (Å²) in [4.78, 5) is 0. The van der Waals surface area contributed by atoms with Gasteiger partial charge in [0.15, 0.2) is 0 Å². The zero-order chi connectivity index (χ0) is 10.1. The Kier molecular flexibility index (Phi) is 2.93. The first-order chi connectivity index (χ1) is 6.68. The van der Waals surface area contributed by atoms with Crippen molar-refractivity contribution < 1.29 is 0 Å². The van der Waals surface area contributed by atoms with Crippen molar-refractivity contribution in [3.63, 3.8) is 0 Å². The molecule has 0 spiro atoms. The quantitative estimate of drug-likeness (QED) is 0.849. The molecule has 3 nitrogen and oxygen atoms in total. The molecule has 0 aromatic carbocycles. The van der Waals surface area contributed by atoms with Crippen molar-refractivity contribution in [3.05, 3.63) is 10.7 Å². The Hall–Kier alpha value is -0.350. The van der Waals surface area contributed by atoms with Crippen molar-refractivity contribution in [1.82, 2.24) is 9.78 Å². The number of thioether (sulfide) groups is 1. The molecule has 0 radical (unpaired) electrons. The van der Waals surface area contributed by atoms with Crippen molar-refractivity contribution >= 4 is 29.2 Å². The zero-order valence-electron chi connectivity index (χ0n) is 8.16. The molecule has 1 aromatic heterocycles. The van der Waals surface area contributed by atoms with Gasteiger partial charge < -0.3 is 5.73 Å². The van der Waals surface area contributed by atoms with Crippen LogP contribution in [0.4, 0.5) is 5.82 Å². The van der Waals surface area contributed by atoms with E-state index in [1.807, 2.05) is 23.4 Å². The summed E-state index contributed by atoms with van der Waals surface area (Å²) in [6.07, 6.45) is 1.26. The second-order valence-electron chi connectivity index (χ2n) is 3.70. The standard InChI is InChI=1S/C9H14ClN3S/c1-6-8(10)9(11)13(12-6)4-7-2-3-14-5-7/h7H,2-5,11H2,1H3. The molecule has 2 rings (SSSR count). The first-order valence-electron chi connectivity index (χ1n) is 4.74. The number of nitrogens with two attached hydrogens (primary N) is 1. The summed E-state index contributed by atoms with van der Waals surface area (Å²) in [5, 5.41) is 4.93. The van der Waals surface area contributed by atoms with Gasteiger partial charge >= 0.3 is 0 Å². The molecular formula is C9H14ClN3S. The highest BCUT2D eigenvalue weighted by atomic mass is 35.5. The van der Waals surface area contributed by atoms with Gasteiger partial charge in [-0.25, -0.2) is 4.68 Å². The fourth-order valence-electron chi connectivity index (χ4n) is 1.69. The average Bonchev–Trinajstić information content (AvgIpc) is 2.73. The van der Waals surface area contributed by atoms with E-state index >= 15 is 0 Å². The molecule has 1 fully saturated rings. The van der Waals surface area contributed by atoms with Crippen LogP contribution in [0.3, 0.4) is 0 Å². The summed E-state index contributed by atoms with van der Waals surface area (Å²) in [7, 11) is 0. The predicted octanol–water partition coefficient (Wildman–Crippen LogP) is 2.18. The van der Waals surface area contributed by atoms with Crippen LogP contribution in [0.5, 0.6) is 0 Å². The first kappa shape index (κ1) is 10.2. The third-order valence-electron chi connectivity index (χ3n) is 2.55. The van der Waals surface area contributed by atoms with Gasteiger partial charge in [0, 0.05) is 6.54 Å². The SMILES string of the molecule is Cc1nn(CC2CCSC2)c(N)c1Cl. The molecule has 0 saturated carbocycles. The molecule has 2 N–H and O–H groups in total. The summed E-state index contributed by atoms with van der Waals surface area (Å²) in [6, 6.07) is 0. The highest BCUT2D eigenvalue weighted by Crippen LogP contribution is 2.28. The molecular weight excluding hydrogens is 218 g/mol. The van der Waals surface area contributed by atoms with E-state index in [0.717, 1.165) is 12.2 Å². The van der Waals surface area contributed by atoms with Crippen LogP contribution in [-0.4, -0.2) is 21.3 Å². The lowest BCUT2D eigenvalue weighted by molar-refractivity contribution is 0.462. The number of nitrogen functional groups attached to an aromatic ring is 1. The normalized spacial score (nSPS) is 21.7. The summed E-state index contributed by atoms with van der Waals surface area (Å²) >= 11 is 7.97. The number of aromatic nitrogens is 2. The van der Waals surface area contributed by atoms with Crippen LogP contribution in [0.1, 0.15) is 12.1 Å². The highest BCUT2D eigenvalue weighted by molar-refractivity contribution is 7.99. The molecule has 0 amide bonds. The van der Waals surface area contributed by atoms with E-state index in [9.17, 15) is 0 Å². The second-order valence-corrected chi connectivity index (χ2v) is 5.22. The van der Waals surface area contributed by atoms with Crippen LogP contribution in [-0.2, 0) is 6.54 Å². The smallest absolute Gasteiger partial charge is 0.140 e. The fourth-order valence-corrected chi connectivity index (χ4v) is 3.10. The maximum absolute atomic E-state index is 5.97. The maximum atomic E-state index is 5.97. The molecule has 78 valence electrons. The number of rotatable bonds is 2. The molecule has 1 atom stereocenters. The number of anilines is 1. The third kappa shape index (κ3) is 1.86. The number of hydrogen-bond acceptors (Lipinski definition) is 3. The van der Waals surface area contributed by atoms with E-state index in [2.05, 4.69) is 5.10 Å². The van der Waals surface area contributed by atoms with Crippen LogP contribution in [0.2, 0.25) is 5.02 Å². The number of aryl methyl sites for hydroxylation is 1. The van der Waals surface area contributed by atoms with E-state index in [4.69, 9.17) is 17.3 Å².